The number of likely N-dealkylation sites (tertiary alicyclic amines) is 1. The molecule has 4 rings (SSSR count). The quantitative estimate of drug-likeness (QED) is 0.907. The summed E-state index contributed by atoms with van der Waals surface area (Å²) in [5.74, 6) is 2.16. The van der Waals surface area contributed by atoms with Crippen molar-refractivity contribution in [2.75, 3.05) is 26.7 Å². The molecule has 4 nitrogen and oxygen atoms in total. The van der Waals surface area contributed by atoms with E-state index in [0.29, 0.717) is 6.04 Å². The third-order valence-corrected chi connectivity index (χ3v) is 5.64. The van der Waals surface area contributed by atoms with Crippen LogP contribution in [0.15, 0.2) is 0 Å². The predicted octanol–water partition coefficient (Wildman–Crippen LogP) is 2.45. The molecule has 0 bridgehead atoms. The summed E-state index contributed by atoms with van der Waals surface area (Å²) in [6.07, 6.45) is 9.32. The molecule has 3 aliphatic rings. The van der Waals surface area contributed by atoms with Gasteiger partial charge in [0.1, 0.15) is 5.82 Å². The van der Waals surface area contributed by atoms with E-state index in [1.54, 1.807) is 5.69 Å². The fourth-order valence-electron chi connectivity index (χ4n) is 4.58. The van der Waals surface area contributed by atoms with Crippen molar-refractivity contribution in [3.8, 4) is 0 Å². The van der Waals surface area contributed by atoms with Gasteiger partial charge in [-0.15, -0.1) is 0 Å². The average Bonchev–Trinajstić information content (AvgIpc) is 3.14. The molecule has 1 saturated heterocycles. The first-order valence-electron chi connectivity index (χ1n) is 8.82. The highest BCUT2D eigenvalue weighted by Crippen LogP contribution is 2.38. The molecule has 1 saturated carbocycles. The van der Waals surface area contributed by atoms with Crippen molar-refractivity contribution in [3.05, 3.63) is 17.2 Å². The third-order valence-electron chi connectivity index (χ3n) is 5.64. The van der Waals surface area contributed by atoms with Crippen LogP contribution in [0.5, 0.6) is 0 Å². The Balaban J connectivity index is 1.73. The predicted molar refractivity (Wildman–Crippen MR) is 84.6 cm³/mol. The van der Waals surface area contributed by atoms with Gasteiger partial charge in [0, 0.05) is 43.7 Å². The SMILES string of the molecule is CN1CCCC(n2c(C3CCCC3)nc3c2CCNC3)C1. The Morgan fingerprint density at radius 2 is 2.00 bits per heavy atom. The Labute approximate surface area is 127 Å². The molecular formula is C17H28N4. The van der Waals surface area contributed by atoms with Gasteiger partial charge in [-0.1, -0.05) is 12.8 Å². The monoisotopic (exact) mass is 288 g/mol. The van der Waals surface area contributed by atoms with E-state index in [4.69, 9.17) is 4.98 Å². The van der Waals surface area contributed by atoms with E-state index >= 15 is 0 Å². The second-order valence-electron chi connectivity index (χ2n) is 7.20. The largest absolute Gasteiger partial charge is 0.327 e. The number of aromatic nitrogens is 2. The maximum absolute atomic E-state index is 5.11. The summed E-state index contributed by atoms with van der Waals surface area (Å²) in [4.78, 5) is 7.61. The highest BCUT2D eigenvalue weighted by Gasteiger charge is 2.31. The number of rotatable bonds is 2. The van der Waals surface area contributed by atoms with Crippen LogP contribution in [-0.2, 0) is 13.0 Å². The van der Waals surface area contributed by atoms with Crippen LogP contribution in [-0.4, -0.2) is 41.1 Å². The summed E-state index contributed by atoms with van der Waals surface area (Å²) in [6.45, 7) is 4.56. The number of nitrogens with zero attached hydrogens (tertiary/aromatic N) is 3. The van der Waals surface area contributed by atoms with Crippen molar-refractivity contribution >= 4 is 0 Å². The lowest BCUT2D eigenvalue weighted by Gasteiger charge is -2.33. The molecule has 1 aromatic heterocycles. The van der Waals surface area contributed by atoms with E-state index in [9.17, 15) is 0 Å². The first kappa shape index (κ1) is 13.8. The first-order chi connectivity index (χ1) is 10.3. The summed E-state index contributed by atoms with van der Waals surface area (Å²) >= 11 is 0. The number of hydrogen-bond donors (Lipinski definition) is 1. The molecule has 2 aliphatic heterocycles. The Hall–Kier alpha value is -0.870. The molecular weight excluding hydrogens is 260 g/mol. The zero-order valence-electron chi connectivity index (χ0n) is 13.3. The van der Waals surface area contributed by atoms with E-state index in [-0.39, 0.29) is 0 Å². The molecule has 0 spiro atoms. The van der Waals surface area contributed by atoms with E-state index in [1.807, 2.05) is 0 Å². The molecule has 0 amide bonds. The van der Waals surface area contributed by atoms with Crippen molar-refractivity contribution in [1.29, 1.82) is 0 Å². The standard InChI is InChI=1S/C17H28N4/c1-20-10-4-7-14(12-20)21-16-8-9-18-11-15(16)19-17(21)13-5-2-3-6-13/h13-14,18H,2-12H2,1H3. The van der Waals surface area contributed by atoms with Crippen LogP contribution in [0, 0.1) is 0 Å². The van der Waals surface area contributed by atoms with Gasteiger partial charge in [0.2, 0.25) is 0 Å². The Bertz CT molecular complexity index is 501. The average molecular weight is 288 g/mol. The smallest absolute Gasteiger partial charge is 0.112 e. The van der Waals surface area contributed by atoms with Gasteiger partial charge in [0.25, 0.3) is 0 Å². The third kappa shape index (κ3) is 2.53. The van der Waals surface area contributed by atoms with Gasteiger partial charge in [-0.2, -0.15) is 0 Å². The van der Waals surface area contributed by atoms with Gasteiger partial charge in [0.05, 0.1) is 5.69 Å². The molecule has 1 atom stereocenters. The molecule has 3 heterocycles. The van der Waals surface area contributed by atoms with Gasteiger partial charge in [-0.25, -0.2) is 4.98 Å². The van der Waals surface area contributed by atoms with E-state index in [2.05, 4.69) is 21.8 Å². The number of hydrogen-bond acceptors (Lipinski definition) is 3. The highest BCUT2D eigenvalue weighted by molar-refractivity contribution is 5.24. The number of imidazole rings is 1. The van der Waals surface area contributed by atoms with Crippen LogP contribution in [0.1, 0.15) is 67.7 Å². The van der Waals surface area contributed by atoms with Gasteiger partial charge in [-0.3, -0.25) is 0 Å². The summed E-state index contributed by atoms with van der Waals surface area (Å²) in [6, 6.07) is 0.661. The summed E-state index contributed by atoms with van der Waals surface area (Å²) in [7, 11) is 2.27. The van der Waals surface area contributed by atoms with Gasteiger partial charge >= 0.3 is 0 Å². The molecule has 21 heavy (non-hydrogen) atoms. The molecule has 4 heteroatoms. The van der Waals surface area contributed by atoms with E-state index < -0.39 is 0 Å². The lowest BCUT2D eigenvalue weighted by atomic mass is 10.0. The Morgan fingerprint density at radius 3 is 2.81 bits per heavy atom. The van der Waals surface area contributed by atoms with Crippen LogP contribution in [0.4, 0.5) is 0 Å². The molecule has 1 aliphatic carbocycles. The van der Waals surface area contributed by atoms with Crippen molar-refractivity contribution < 1.29 is 0 Å². The molecule has 1 aromatic rings. The van der Waals surface area contributed by atoms with Gasteiger partial charge in [0.15, 0.2) is 0 Å². The van der Waals surface area contributed by atoms with Crippen molar-refractivity contribution in [1.82, 2.24) is 19.8 Å². The van der Waals surface area contributed by atoms with E-state index in [0.717, 1.165) is 25.4 Å². The Morgan fingerprint density at radius 1 is 1.14 bits per heavy atom. The lowest BCUT2D eigenvalue weighted by Crippen LogP contribution is -2.36. The van der Waals surface area contributed by atoms with Crippen molar-refractivity contribution in [3.63, 3.8) is 0 Å². The number of nitrogens with one attached hydrogen (secondary N) is 1. The fourth-order valence-corrected chi connectivity index (χ4v) is 4.58. The Kier molecular flexibility index (Phi) is 3.76. The van der Waals surface area contributed by atoms with Crippen molar-refractivity contribution in [2.45, 2.75) is 63.5 Å². The van der Waals surface area contributed by atoms with Gasteiger partial charge in [-0.05, 0) is 39.3 Å². The minimum absolute atomic E-state index is 0.661. The van der Waals surface area contributed by atoms with Gasteiger partial charge < -0.3 is 14.8 Å². The minimum Gasteiger partial charge on any atom is -0.327 e. The molecule has 1 unspecified atom stereocenters. The van der Waals surface area contributed by atoms with Crippen LogP contribution in [0.25, 0.3) is 0 Å². The second kappa shape index (κ2) is 5.73. The highest BCUT2D eigenvalue weighted by atomic mass is 15.2. The number of fused-ring (bicyclic) bond motifs is 1. The molecule has 0 radical (unpaired) electrons. The molecule has 0 aromatic carbocycles. The lowest BCUT2D eigenvalue weighted by molar-refractivity contribution is 0.205. The molecule has 1 N–H and O–H groups in total. The van der Waals surface area contributed by atoms with Crippen LogP contribution < -0.4 is 5.32 Å². The summed E-state index contributed by atoms with van der Waals surface area (Å²) < 4.78 is 2.70. The van der Waals surface area contributed by atoms with E-state index in [1.165, 1.54) is 63.1 Å². The second-order valence-corrected chi connectivity index (χ2v) is 7.20. The normalized spacial score (nSPS) is 28.0. The van der Waals surface area contributed by atoms with Crippen molar-refractivity contribution in [2.24, 2.45) is 0 Å². The fraction of sp³-hybridized carbons (Fsp3) is 0.824. The van der Waals surface area contributed by atoms with Crippen LogP contribution >= 0.6 is 0 Å². The zero-order chi connectivity index (χ0) is 14.2. The number of piperidine rings is 1. The first-order valence-corrected chi connectivity index (χ1v) is 8.82. The minimum atomic E-state index is 0.661. The molecule has 116 valence electrons. The number of likely N-dealkylation sites (N-methyl/N-ethyl adjacent to an activating group) is 1. The summed E-state index contributed by atoms with van der Waals surface area (Å²) in [5.41, 5.74) is 2.90. The van der Waals surface area contributed by atoms with Crippen LogP contribution in [0.2, 0.25) is 0 Å². The maximum Gasteiger partial charge on any atom is 0.112 e. The van der Waals surface area contributed by atoms with Crippen LogP contribution in [0.3, 0.4) is 0 Å². The maximum atomic E-state index is 5.11. The topological polar surface area (TPSA) is 33.1 Å². The zero-order valence-corrected chi connectivity index (χ0v) is 13.3. The summed E-state index contributed by atoms with van der Waals surface area (Å²) in [5, 5.41) is 3.50. The molecule has 2 fully saturated rings.